The van der Waals surface area contributed by atoms with Crippen molar-refractivity contribution >= 4 is 34.2 Å². The molecule has 0 fully saturated rings. The van der Waals surface area contributed by atoms with Crippen LogP contribution in [0.3, 0.4) is 0 Å². The SMILES string of the molecule is COc1ccc(C)cc1NC(=O)c1cc2ccccc2cc1OCC(=O)NC(=O)c1cccn1C. The Morgan fingerprint density at radius 1 is 0.886 bits per heavy atom. The quantitative estimate of drug-likeness (QED) is 0.423. The molecule has 0 bridgehead atoms. The molecule has 0 saturated heterocycles. The van der Waals surface area contributed by atoms with Crippen LogP contribution in [0.4, 0.5) is 5.69 Å². The molecular formula is C27H25N3O5. The normalized spacial score (nSPS) is 10.6. The second-order valence-electron chi connectivity index (χ2n) is 8.02. The third kappa shape index (κ3) is 5.33. The van der Waals surface area contributed by atoms with Gasteiger partial charge in [0.05, 0.1) is 18.4 Å². The Bertz CT molecular complexity index is 1420. The van der Waals surface area contributed by atoms with E-state index < -0.39 is 24.3 Å². The average Bonchev–Trinajstić information content (AvgIpc) is 3.28. The van der Waals surface area contributed by atoms with Crippen LogP contribution in [0.2, 0.25) is 0 Å². The van der Waals surface area contributed by atoms with Crippen LogP contribution in [0.25, 0.3) is 10.8 Å². The van der Waals surface area contributed by atoms with Crippen molar-refractivity contribution in [3.63, 3.8) is 0 Å². The van der Waals surface area contributed by atoms with Crippen LogP contribution in [0.15, 0.2) is 72.9 Å². The first-order valence-electron chi connectivity index (χ1n) is 10.9. The summed E-state index contributed by atoms with van der Waals surface area (Å²) >= 11 is 0. The van der Waals surface area contributed by atoms with Gasteiger partial charge in [-0.15, -0.1) is 0 Å². The molecule has 1 heterocycles. The number of imide groups is 1. The van der Waals surface area contributed by atoms with Crippen molar-refractivity contribution in [2.24, 2.45) is 7.05 Å². The number of ether oxygens (including phenoxy) is 2. The Morgan fingerprint density at radius 3 is 2.31 bits per heavy atom. The van der Waals surface area contributed by atoms with Gasteiger partial charge in [0.25, 0.3) is 17.7 Å². The largest absolute Gasteiger partial charge is 0.495 e. The molecule has 0 atom stereocenters. The van der Waals surface area contributed by atoms with E-state index in [4.69, 9.17) is 9.47 Å². The predicted molar refractivity (Wildman–Crippen MR) is 133 cm³/mol. The zero-order valence-electron chi connectivity index (χ0n) is 19.6. The van der Waals surface area contributed by atoms with E-state index in [1.54, 1.807) is 54.2 Å². The smallest absolute Gasteiger partial charge is 0.274 e. The summed E-state index contributed by atoms with van der Waals surface area (Å²) in [5.41, 5.74) is 2.06. The lowest BCUT2D eigenvalue weighted by molar-refractivity contribution is -0.122. The Hall–Kier alpha value is -4.59. The van der Waals surface area contributed by atoms with Gasteiger partial charge in [0.2, 0.25) is 0 Å². The maximum atomic E-state index is 13.3. The lowest BCUT2D eigenvalue weighted by atomic mass is 10.0. The molecule has 8 nitrogen and oxygen atoms in total. The monoisotopic (exact) mass is 471 g/mol. The highest BCUT2D eigenvalue weighted by molar-refractivity contribution is 6.09. The molecule has 8 heteroatoms. The molecule has 178 valence electrons. The van der Waals surface area contributed by atoms with Gasteiger partial charge in [-0.05, 0) is 59.7 Å². The van der Waals surface area contributed by atoms with E-state index >= 15 is 0 Å². The highest BCUT2D eigenvalue weighted by Crippen LogP contribution is 2.30. The summed E-state index contributed by atoms with van der Waals surface area (Å²) in [7, 11) is 3.24. The number of aryl methyl sites for hydroxylation is 2. The molecule has 3 aromatic carbocycles. The molecule has 0 aliphatic carbocycles. The summed E-state index contributed by atoms with van der Waals surface area (Å²) in [6.07, 6.45) is 1.71. The van der Waals surface area contributed by atoms with Crippen LogP contribution >= 0.6 is 0 Å². The number of aromatic nitrogens is 1. The number of nitrogens with zero attached hydrogens (tertiary/aromatic N) is 1. The van der Waals surface area contributed by atoms with Gasteiger partial charge in [0.1, 0.15) is 17.2 Å². The van der Waals surface area contributed by atoms with E-state index in [2.05, 4.69) is 10.6 Å². The van der Waals surface area contributed by atoms with E-state index in [-0.39, 0.29) is 11.3 Å². The fraction of sp³-hybridized carbons (Fsp3) is 0.148. The molecule has 35 heavy (non-hydrogen) atoms. The zero-order valence-corrected chi connectivity index (χ0v) is 19.6. The molecule has 4 rings (SSSR count). The number of anilines is 1. The molecule has 4 aromatic rings. The fourth-order valence-corrected chi connectivity index (χ4v) is 3.69. The third-order valence-electron chi connectivity index (χ3n) is 5.48. The van der Waals surface area contributed by atoms with Crippen LogP contribution in [-0.4, -0.2) is 36.0 Å². The molecular weight excluding hydrogens is 446 g/mol. The first-order valence-corrected chi connectivity index (χ1v) is 10.9. The minimum atomic E-state index is -0.629. The summed E-state index contributed by atoms with van der Waals surface area (Å²) < 4.78 is 12.7. The van der Waals surface area contributed by atoms with Gasteiger partial charge >= 0.3 is 0 Å². The van der Waals surface area contributed by atoms with Gasteiger partial charge < -0.3 is 19.4 Å². The molecule has 1 aromatic heterocycles. The maximum absolute atomic E-state index is 13.3. The lowest BCUT2D eigenvalue weighted by Crippen LogP contribution is -2.35. The van der Waals surface area contributed by atoms with Crippen LogP contribution in [0, 0.1) is 6.92 Å². The molecule has 2 N–H and O–H groups in total. The lowest BCUT2D eigenvalue weighted by Gasteiger charge is -2.15. The van der Waals surface area contributed by atoms with Crippen LogP contribution in [-0.2, 0) is 11.8 Å². The highest BCUT2D eigenvalue weighted by atomic mass is 16.5. The summed E-state index contributed by atoms with van der Waals surface area (Å²) in [5.74, 6) is -0.847. The molecule has 0 radical (unpaired) electrons. The van der Waals surface area contributed by atoms with Crippen molar-refractivity contribution in [3.05, 3.63) is 89.7 Å². The van der Waals surface area contributed by atoms with Crippen molar-refractivity contribution in [1.29, 1.82) is 0 Å². The van der Waals surface area contributed by atoms with Crippen molar-refractivity contribution < 1.29 is 23.9 Å². The van der Waals surface area contributed by atoms with Crippen LogP contribution < -0.4 is 20.1 Å². The minimum Gasteiger partial charge on any atom is -0.495 e. The van der Waals surface area contributed by atoms with Gasteiger partial charge in [-0.2, -0.15) is 0 Å². The first-order chi connectivity index (χ1) is 16.9. The topological polar surface area (TPSA) is 98.7 Å². The average molecular weight is 472 g/mol. The minimum absolute atomic E-state index is 0.217. The van der Waals surface area contributed by atoms with Gasteiger partial charge in [0.15, 0.2) is 6.61 Å². The number of carbonyl (C=O) groups excluding carboxylic acids is 3. The Labute approximate surface area is 202 Å². The summed E-state index contributed by atoms with van der Waals surface area (Å²) in [6, 6.07) is 19.7. The Balaban J connectivity index is 1.57. The molecule has 0 saturated carbocycles. The van der Waals surface area contributed by atoms with E-state index in [0.717, 1.165) is 16.3 Å². The first kappa shape index (κ1) is 23.6. The highest BCUT2D eigenvalue weighted by Gasteiger charge is 2.19. The van der Waals surface area contributed by atoms with E-state index in [1.807, 2.05) is 37.3 Å². The molecule has 0 unspecified atom stereocenters. The van der Waals surface area contributed by atoms with Gasteiger partial charge in [0, 0.05) is 13.2 Å². The van der Waals surface area contributed by atoms with Crippen molar-refractivity contribution in [1.82, 2.24) is 9.88 Å². The number of fused-ring (bicyclic) bond motifs is 1. The second kappa shape index (κ2) is 10.1. The molecule has 0 spiro atoms. The summed E-state index contributed by atoms with van der Waals surface area (Å²) in [5, 5.41) is 6.84. The standard InChI is InChI=1S/C27H25N3O5/c1-17-10-11-23(34-3)21(13-17)28-26(32)20-14-18-7-4-5-8-19(18)15-24(20)35-16-25(31)29-27(33)22-9-6-12-30(22)2/h4-15H,16H2,1-3H3,(H,28,32)(H,29,31,33). The third-order valence-corrected chi connectivity index (χ3v) is 5.48. The number of methoxy groups -OCH3 is 1. The molecule has 0 aliphatic heterocycles. The van der Waals surface area contributed by atoms with Crippen LogP contribution in [0.1, 0.15) is 26.4 Å². The summed E-state index contributed by atoms with van der Waals surface area (Å²) in [6.45, 7) is 1.47. The number of rotatable bonds is 7. The van der Waals surface area contributed by atoms with E-state index in [1.165, 1.54) is 7.11 Å². The summed E-state index contributed by atoms with van der Waals surface area (Å²) in [4.78, 5) is 38.0. The number of carbonyl (C=O) groups is 3. The predicted octanol–water partition coefficient (Wildman–Crippen LogP) is 4.08. The van der Waals surface area contributed by atoms with Crippen molar-refractivity contribution in [3.8, 4) is 11.5 Å². The van der Waals surface area contributed by atoms with Gasteiger partial charge in [-0.1, -0.05) is 30.3 Å². The van der Waals surface area contributed by atoms with E-state index in [0.29, 0.717) is 17.1 Å². The van der Waals surface area contributed by atoms with Gasteiger partial charge in [-0.25, -0.2) is 0 Å². The second-order valence-corrected chi connectivity index (χ2v) is 8.02. The van der Waals surface area contributed by atoms with Crippen molar-refractivity contribution in [2.45, 2.75) is 6.92 Å². The fourth-order valence-electron chi connectivity index (χ4n) is 3.69. The van der Waals surface area contributed by atoms with Gasteiger partial charge in [-0.3, -0.25) is 19.7 Å². The number of nitrogens with one attached hydrogen (secondary N) is 2. The van der Waals surface area contributed by atoms with Crippen molar-refractivity contribution in [2.75, 3.05) is 19.0 Å². The number of amides is 3. The Kier molecular flexibility index (Phi) is 6.82. The number of hydrogen-bond donors (Lipinski definition) is 2. The number of benzene rings is 3. The molecule has 0 aliphatic rings. The van der Waals surface area contributed by atoms with Crippen LogP contribution in [0.5, 0.6) is 11.5 Å². The number of hydrogen-bond acceptors (Lipinski definition) is 5. The zero-order chi connectivity index (χ0) is 24.9. The Morgan fingerprint density at radius 2 is 1.63 bits per heavy atom. The maximum Gasteiger partial charge on any atom is 0.274 e. The van der Waals surface area contributed by atoms with E-state index in [9.17, 15) is 14.4 Å². The molecule has 3 amide bonds.